The fraction of sp³-hybridized carbons (Fsp3) is 0.208. The first-order chi connectivity index (χ1) is 15.0. The van der Waals surface area contributed by atoms with Crippen LogP contribution in [-0.2, 0) is 11.3 Å². The van der Waals surface area contributed by atoms with Crippen LogP contribution in [-0.4, -0.2) is 44.0 Å². The molecule has 168 valence electrons. The average Bonchev–Trinajstić information content (AvgIpc) is 2.78. The van der Waals surface area contributed by atoms with E-state index in [1.165, 1.54) is 19.2 Å². The van der Waals surface area contributed by atoms with E-state index >= 15 is 0 Å². The zero-order chi connectivity index (χ0) is 22.0. The zero-order valence-electron chi connectivity index (χ0n) is 18.6. The van der Waals surface area contributed by atoms with Gasteiger partial charge in [-0.15, -0.1) is 0 Å². The van der Waals surface area contributed by atoms with Crippen LogP contribution < -0.4 is 43.8 Å². The van der Waals surface area contributed by atoms with Gasteiger partial charge in [0.05, 0.1) is 19.3 Å². The van der Waals surface area contributed by atoms with Crippen LogP contribution in [0.4, 0.5) is 4.39 Å². The molecule has 1 heterocycles. The molecular weight excluding hydrogens is 442 g/mol. The molecular formula is C24H22FNaO7. The summed E-state index contributed by atoms with van der Waals surface area (Å²) in [5, 5.41) is 9.81. The van der Waals surface area contributed by atoms with Crippen LogP contribution in [0, 0.1) is 5.82 Å². The van der Waals surface area contributed by atoms with Crippen LogP contribution in [0.15, 0.2) is 48.5 Å². The molecule has 1 aliphatic rings. The number of halogens is 1. The van der Waals surface area contributed by atoms with E-state index in [0.717, 1.165) is 11.1 Å². The third-order valence-corrected chi connectivity index (χ3v) is 5.12. The zero-order valence-corrected chi connectivity index (χ0v) is 20.6. The summed E-state index contributed by atoms with van der Waals surface area (Å²) in [6.45, 7) is 1.05. The number of carboxylic acid groups (broad SMARTS) is 1. The Kier molecular flexibility index (Phi) is 9.27. The van der Waals surface area contributed by atoms with E-state index < -0.39 is 11.8 Å². The first-order valence-electron chi connectivity index (χ1n) is 9.65. The third-order valence-electron chi connectivity index (χ3n) is 5.12. The summed E-state index contributed by atoms with van der Waals surface area (Å²) in [4.78, 5) is 12.0. The maximum Gasteiger partial charge on any atom is 1.00 e. The minimum atomic E-state index is -1.15. The molecule has 0 spiro atoms. The minimum Gasteiger partial charge on any atom is -0.870 e. The second-order valence-electron chi connectivity index (χ2n) is 6.97. The molecule has 0 aliphatic carbocycles. The molecule has 3 aromatic rings. The number of hydrogen-bond acceptors (Lipinski definition) is 6. The number of carbonyl (C=O) groups is 1. The first kappa shape index (κ1) is 26.6. The summed E-state index contributed by atoms with van der Waals surface area (Å²) in [6.07, 6.45) is 0. The van der Waals surface area contributed by atoms with Crippen LogP contribution in [0.25, 0.3) is 22.3 Å². The topological polar surface area (TPSA) is 104 Å². The van der Waals surface area contributed by atoms with E-state index in [2.05, 4.69) is 0 Å². The number of benzene rings is 3. The Labute approximate surface area is 212 Å². The van der Waals surface area contributed by atoms with Crippen LogP contribution in [0.2, 0.25) is 0 Å². The molecule has 2 N–H and O–H groups in total. The van der Waals surface area contributed by atoms with Crippen molar-refractivity contribution in [3.8, 4) is 39.5 Å². The molecule has 0 bridgehead atoms. The van der Waals surface area contributed by atoms with E-state index in [9.17, 15) is 14.3 Å². The van der Waals surface area contributed by atoms with Crippen molar-refractivity contribution < 1.29 is 68.3 Å². The van der Waals surface area contributed by atoms with Crippen molar-refractivity contribution in [2.24, 2.45) is 0 Å². The van der Waals surface area contributed by atoms with E-state index in [0.29, 0.717) is 36.0 Å². The predicted molar refractivity (Wildman–Crippen MR) is 114 cm³/mol. The molecule has 0 radical (unpaired) electrons. The Morgan fingerprint density at radius 3 is 2.42 bits per heavy atom. The molecule has 9 heteroatoms. The van der Waals surface area contributed by atoms with Gasteiger partial charge in [0.25, 0.3) is 0 Å². The summed E-state index contributed by atoms with van der Waals surface area (Å²) in [7, 11) is 3.13. The number of fused-ring (bicyclic) bond motifs is 3. The monoisotopic (exact) mass is 464 g/mol. The second-order valence-corrected chi connectivity index (χ2v) is 6.97. The quantitative estimate of drug-likeness (QED) is 0.419. The van der Waals surface area contributed by atoms with Gasteiger partial charge < -0.3 is 29.5 Å². The van der Waals surface area contributed by atoms with Crippen LogP contribution >= 0.6 is 0 Å². The largest absolute Gasteiger partial charge is 1.00 e. The fourth-order valence-electron chi connectivity index (χ4n) is 3.62. The minimum absolute atomic E-state index is 0. The molecule has 0 saturated carbocycles. The maximum atomic E-state index is 14.4. The SMILES string of the molecule is COCCOc1cc2c(cc1OC)-c1cc(C(=O)O)c(-c3ccccc3F)cc1OC2.[Na+].[OH-]. The first-order valence-corrected chi connectivity index (χ1v) is 9.65. The summed E-state index contributed by atoms with van der Waals surface area (Å²) in [5.74, 6) is -0.115. The van der Waals surface area contributed by atoms with Crippen molar-refractivity contribution in [1.82, 2.24) is 0 Å². The molecule has 7 nitrogen and oxygen atoms in total. The van der Waals surface area contributed by atoms with Gasteiger partial charge in [-0.3, -0.25) is 0 Å². The smallest absolute Gasteiger partial charge is 0.870 e. The van der Waals surface area contributed by atoms with Crippen LogP contribution in [0.1, 0.15) is 15.9 Å². The van der Waals surface area contributed by atoms with E-state index in [4.69, 9.17) is 18.9 Å². The second kappa shape index (κ2) is 11.5. The Morgan fingerprint density at radius 1 is 1.00 bits per heavy atom. The Balaban J connectivity index is 0.00000193. The summed E-state index contributed by atoms with van der Waals surface area (Å²) in [5.41, 5.74) is 2.66. The van der Waals surface area contributed by atoms with E-state index in [-0.39, 0.29) is 58.3 Å². The molecule has 0 fully saturated rings. The maximum absolute atomic E-state index is 14.4. The summed E-state index contributed by atoms with van der Waals surface area (Å²) >= 11 is 0. The van der Waals surface area contributed by atoms with Crippen molar-refractivity contribution in [1.29, 1.82) is 0 Å². The van der Waals surface area contributed by atoms with E-state index in [1.54, 1.807) is 37.4 Å². The van der Waals surface area contributed by atoms with Gasteiger partial charge in [0.15, 0.2) is 11.5 Å². The van der Waals surface area contributed by atoms with Crippen LogP contribution in [0.5, 0.6) is 17.2 Å². The average molecular weight is 464 g/mol. The number of aromatic carboxylic acids is 1. The Morgan fingerprint density at radius 2 is 1.76 bits per heavy atom. The standard InChI is InChI=1S/C24H21FO6.Na.H2O/c1-28-7-8-30-23-9-14-13-31-21-12-17(15-5-3-4-6-20(15)25)19(24(26)27)10-18(21)16(14)11-22(23)29-2;;/h3-6,9-12H,7-8,13H2,1-2H3,(H,26,27);;1H2/q;+1;/p-1. The molecule has 0 saturated heterocycles. The molecule has 0 amide bonds. The van der Waals surface area contributed by atoms with Gasteiger partial charge in [0.1, 0.15) is 24.8 Å². The van der Waals surface area contributed by atoms with Gasteiger partial charge in [0, 0.05) is 29.4 Å². The number of carboxylic acids is 1. The number of rotatable bonds is 7. The van der Waals surface area contributed by atoms with Gasteiger partial charge in [-0.25, -0.2) is 9.18 Å². The van der Waals surface area contributed by atoms with Gasteiger partial charge in [-0.05, 0) is 35.9 Å². The van der Waals surface area contributed by atoms with Crippen molar-refractivity contribution >= 4 is 5.97 Å². The molecule has 0 atom stereocenters. The number of hydrogen-bond donors (Lipinski definition) is 1. The normalized spacial score (nSPS) is 11.1. The van der Waals surface area contributed by atoms with Gasteiger partial charge in [0.2, 0.25) is 0 Å². The van der Waals surface area contributed by atoms with Crippen molar-refractivity contribution in [2.45, 2.75) is 6.61 Å². The summed E-state index contributed by atoms with van der Waals surface area (Å²) in [6, 6.07) is 12.8. The third kappa shape index (κ3) is 5.31. The number of methoxy groups -OCH3 is 2. The van der Waals surface area contributed by atoms with Gasteiger partial charge >= 0.3 is 35.5 Å². The molecule has 3 aromatic carbocycles. The van der Waals surface area contributed by atoms with Crippen molar-refractivity contribution in [3.05, 3.63) is 65.5 Å². The Bertz CT molecular complexity index is 1150. The molecule has 4 rings (SSSR count). The van der Waals surface area contributed by atoms with E-state index in [1.807, 2.05) is 6.07 Å². The predicted octanol–water partition coefficient (Wildman–Crippen LogP) is 1.61. The van der Waals surface area contributed by atoms with Crippen molar-refractivity contribution in [2.75, 3.05) is 27.4 Å². The molecule has 0 unspecified atom stereocenters. The van der Waals surface area contributed by atoms with Crippen molar-refractivity contribution in [3.63, 3.8) is 0 Å². The van der Waals surface area contributed by atoms with Crippen LogP contribution in [0.3, 0.4) is 0 Å². The van der Waals surface area contributed by atoms with Gasteiger partial charge in [-0.1, -0.05) is 18.2 Å². The Hall–Kier alpha value is -2.62. The molecule has 0 aromatic heterocycles. The van der Waals surface area contributed by atoms with Gasteiger partial charge in [-0.2, -0.15) is 0 Å². The molecule has 33 heavy (non-hydrogen) atoms. The molecule has 1 aliphatic heterocycles. The number of ether oxygens (including phenoxy) is 4. The fourth-order valence-corrected chi connectivity index (χ4v) is 3.62. The summed E-state index contributed by atoms with van der Waals surface area (Å²) < 4.78 is 36.5.